The van der Waals surface area contributed by atoms with Crippen molar-refractivity contribution in [2.45, 2.75) is 31.7 Å². The van der Waals surface area contributed by atoms with Crippen LogP contribution in [0.1, 0.15) is 25.7 Å². The molecule has 0 aromatic carbocycles. The van der Waals surface area contributed by atoms with Gasteiger partial charge in [0.2, 0.25) is 0 Å². The van der Waals surface area contributed by atoms with Crippen molar-refractivity contribution in [3.8, 4) is 0 Å². The third-order valence-corrected chi connectivity index (χ3v) is 1.46. The first-order chi connectivity index (χ1) is 3.39. The van der Waals surface area contributed by atoms with Crippen LogP contribution >= 0.6 is 0 Å². The lowest BCUT2D eigenvalue weighted by Gasteiger charge is -2.15. The van der Waals surface area contributed by atoms with Gasteiger partial charge < -0.3 is 5.73 Å². The van der Waals surface area contributed by atoms with Crippen LogP contribution in [0, 0.1) is 6.42 Å². The quantitative estimate of drug-likeness (QED) is 0.482. The van der Waals surface area contributed by atoms with E-state index in [0.29, 0.717) is 6.04 Å². The van der Waals surface area contributed by atoms with Crippen LogP contribution in [-0.2, 0) is 0 Å². The maximum Gasteiger partial charge on any atom is 0.00703 e. The predicted octanol–water partition coefficient (Wildman–Crippen LogP) is 1.09. The van der Waals surface area contributed by atoms with Crippen molar-refractivity contribution in [2.75, 3.05) is 0 Å². The van der Waals surface area contributed by atoms with Crippen LogP contribution in [0.5, 0.6) is 0 Å². The molecule has 0 bridgehead atoms. The first kappa shape index (κ1) is 5.10. The van der Waals surface area contributed by atoms with Gasteiger partial charge in [0, 0.05) is 6.04 Å². The van der Waals surface area contributed by atoms with E-state index in [-0.39, 0.29) is 0 Å². The second-order valence-corrected chi connectivity index (χ2v) is 2.18. The van der Waals surface area contributed by atoms with Crippen molar-refractivity contribution in [3.63, 3.8) is 0 Å². The highest BCUT2D eigenvalue weighted by atomic mass is 14.6. The second-order valence-electron chi connectivity index (χ2n) is 2.18. The van der Waals surface area contributed by atoms with Crippen molar-refractivity contribution in [3.05, 3.63) is 6.42 Å². The molecule has 0 aromatic heterocycles. The van der Waals surface area contributed by atoms with Gasteiger partial charge in [-0.1, -0.05) is 12.8 Å². The number of rotatable bonds is 0. The summed E-state index contributed by atoms with van der Waals surface area (Å²) < 4.78 is 0. The molecule has 1 nitrogen and oxygen atoms in total. The molecule has 41 valence electrons. The van der Waals surface area contributed by atoms with E-state index >= 15 is 0 Å². The molecule has 0 aliphatic heterocycles. The lowest BCUT2D eigenvalue weighted by Crippen LogP contribution is -2.22. The molecule has 0 unspecified atom stereocenters. The minimum absolute atomic E-state index is 0.411. The summed E-state index contributed by atoms with van der Waals surface area (Å²) in [5.41, 5.74) is 5.58. The molecular formula is C6H12N. The van der Waals surface area contributed by atoms with E-state index in [1.807, 2.05) is 0 Å². The smallest absolute Gasteiger partial charge is 0.00703 e. The third-order valence-electron chi connectivity index (χ3n) is 1.46. The van der Waals surface area contributed by atoms with Gasteiger partial charge in [-0.05, 0) is 19.3 Å². The summed E-state index contributed by atoms with van der Waals surface area (Å²) in [4.78, 5) is 0. The molecule has 0 spiro atoms. The standard InChI is InChI=1S/C6H12N/c7-6-4-2-1-3-5-6/h4,6H,1-3,5,7H2/t6-/m0/s1. The van der Waals surface area contributed by atoms with Crippen LogP contribution in [0.4, 0.5) is 0 Å². The molecule has 1 radical (unpaired) electrons. The van der Waals surface area contributed by atoms with Crippen LogP contribution in [0.3, 0.4) is 0 Å². The largest absolute Gasteiger partial charge is 0.327 e. The third kappa shape index (κ3) is 1.48. The average Bonchev–Trinajstić information content (AvgIpc) is 1.69. The Kier molecular flexibility index (Phi) is 1.69. The minimum Gasteiger partial charge on any atom is -0.327 e. The highest BCUT2D eigenvalue weighted by molar-refractivity contribution is 4.83. The Hall–Kier alpha value is -0.0400. The zero-order valence-electron chi connectivity index (χ0n) is 4.56. The first-order valence-corrected chi connectivity index (χ1v) is 2.98. The Morgan fingerprint density at radius 2 is 2.29 bits per heavy atom. The molecule has 2 N–H and O–H groups in total. The highest BCUT2D eigenvalue weighted by Crippen LogP contribution is 2.13. The maximum atomic E-state index is 5.58. The Morgan fingerprint density at radius 1 is 1.43 bits per heavy atom. The molecule has 1 aliphatic carbocycles. The molecule has 1 rings (SSSR count). The van der Waals surface area contributed by atoms with E-state index in [0.717, 1.165) is 0 Å². The van der Waals surface area contributed by atoms with E-state index in [1.165, 1.54) is 25.7 Å². The van der Waals surface area contributed by atoms with Crippen LogP contribution in [0.2, 0.25) is 0 Å². The van der Waals surface area contributed by atoms with Gasteiger partial charge >= 0.3 is 0 Å². The SMILES string of the molecule is N[C@H]1[CH]CCCC1. The van der Waals surface area contributed by atoms with Gasteiger partial charge in [0.1, 0.15) is 0 Å². The lowest BCUT2D eigenvalue weighted by molar-refractivity contribution is 0.530. The van der Waals surface area contributed by atoms with Crippen LogP contribution < -0.4 is 5.73 Å². The molecule has 7 heavy (non-hydrogen) atoms. The van der Waals surface area contributed by atoms with Crippen molar-refractivity contribution in [1.82, 2.24) is 0 Å². The maximum absolute atomic E-state index is 5.58. The Bertz CT molecular complexity index is 46.1. The molecule has 1 atom stereocenters. The minimum atomic E-state index is 0.411. The van der Waals surface area contributed by atoms with Gasteiger partial charge in [0.05, 0.1) is 0 Å². The van der Waals surface area contributed by atoms with Crippen LogP contribution in [-0.4, -0.2) is 6.04 Å². The van der Waals surface area contributed by atoms with E-state index in [4.69, 9.17) is 5.73 Å². The zero-order chi connectivity index (χ0) is 5.11. The fourth-order valence-electron chi connectivity index (χ4n) is 0.974. The molecule has 1 aliphatic rings. The fraction of sp³-hybridized carbons (Fsp3) is 0.833. The Balaban J connectivity index is 2.12. The van der Waals surface area contributed by atoms with E-state index in [2.05, 4.69) is 6.42 Å². The predicted molar refractivity (Wildman–Crippen MR) is 30.7 cm³/mol. The Labute approximate surface area is 44.9 Å². The Morgan fingerprint density at radius 3 is 2.57 bits per heavy atom. The van der Waals surface area contributed by atoms with Gasteiger partial charge in [-0.3, -0.25) is 0 Å². The summed E-state index contributed by atoms with van der Waals surface area (Å²) in [5.74, 6) is 0. The normalized spacial score (nSPS) is 25.3. The second kappa shape index (κ2) is 2.31. The lowest BCUT2D eigenvalue weighted by atomic mass is 9.97. The molecule has 1 heteroatoms. The first-order valence-electron chi connectivity index (χ1n) is 2.98. The average molecular weight is 98.2 g/mol. The molecule has 0 amide bonds. The molecule has 0 heterocycles. The van der Waals surface area contributed by atoms with Crippen LogP contribution in [0.25, 0.3) is 0 Å². The van der Waals surface area contributed by atoms with Gasteiger partial charge in [0.15, 0.2) is 0 Å². The number of nitrogens with two attached hydrogens (primary N) is 1. The van der Waals surface area contributed by atoms with Gasteiger partial charge in [-0.15, -0.1) is 0 Å². The zero-order valence-corrected chi connectivity index (χ0v) is 4.56. The summed E-state index contributed by atoms with van der Waals surface area (Å²) in [7, 11) is 0. The van der Waals surface area contributed by atoms with Crippen LogP contribution in [0.15, 0.2) is 0 Å². The monoisotopic (exact) mass is 98.1 g/mol. The molecule has 1 fully saturated rings. The fourth-order valence-corrected chi connectivity index (χ4v) is 0.974. The molecule has 0 saturated heterocycles. The summed E-state index contributed by atoms with van der Waals surface area (Å²) in [5, 5.41) is 0. The van der Waals surface area contributed by atoms with Crippen molar-refractivity contribution >= 4 is 0 Å². The van der Waals surface area contributed by atoms with E-state index < -0.39 is 0 Å². The summed E-state index contributed by atoms with van der Waals surface area (Å²) in [6, 6.07) is 0.411. The molecule has 1 saturated carbocycles. The van der Waals surface area contributed by atoms with Crippen molar-refractivity contribution in [2.24, 2.45) is 5.73 Å². The van der Waals surface area contributed by atoms with Gasteiger partial charge in [-0.2, -0.15) is 0 Å². The summed E-state index contributed by atoms with van der Waals surface area (Å²) in [6.45, 7) is 0. The number of hydrogen-bond donors (Lipinski definition) is 1. The van der Waals surface area contributed by atoms with Crippen molar-refractivity contribution in [1.29, 1.82) is 0 Å². The van der Waals surface area contributed by atoms with E-state index in [1.54, 1.807) is 0 Å². The topological polar surface area (TPSA) is 26.0 Å². The number of hydrogen-bond acceptors (Lipinski definition) is 1. The molecule has 0 aromatic rings. The van der Waals surface area contributed by atoms with Gasteiger partial charge in [0.25, 0.3) is 0 Å². The van der Waals surface area contributed by atoms with E-state index in [9.17, 15) is 0 Å². The highest BCUT2D eigenvalue weighted by Gasteiger charge is 2.06. The summed E-state index contributed by atoms with van der Waals surface area (Å²) in [6.07, 6.45) is 7.34. The molecular weight excluding hydrogens is 86.1 g/mol. The van der Waals surface area contributed by atoms with Crippen molar-refractivity contribution < 1.29 is 0 Å². The summed E-state index contributed by atoms with van der Waals surface area (Å²) >= 11 is 0. The van der Waals surface area contributed by atoms with Gasteiger partial charge in [-0.25, -0.2) is 0 Å².